The molecule has 0 aromatic rings. The maximum atomic E-state index is 10.2. The van der Waals surface area contributed by atoms with Crippen molar-refractivity contribution in [1.82, 2.24) is 0 Å². The fourth-order valence-electron chi connectivity index (χ4n) is 1.16. The molecule has 0 aromatic heterocycles. The van der Waals surface area contributed by atoms with Gasteiger partial charge in [0.15, 0.2) is 0 Å². The standard InChI is InChI=1S/C12H28O4Si.3C3H8O.Zr/c1-4-7-10-14-17(13,15-11-8-5-2)16-12-9-6-3;3*1-3(2)4;/h13H,4-12H2,1-3H3;3*3-4H,1-2H3;. The minimum Gasteiger partial charge on any atom is -0.394 e. The van der Waals surface area contributed by atoms with E-state index < -0.39 is 9.05 Å². The van der Waals surface area contributed by atoms with E-state index in [-0.39, 0.29) is 44.5 Å². The van der Waals surface area contributed by atoms with E-state index >= 15 is 0 Å². The van der Waals surface area contributed by atoms with Gasteiger partial charge in [0.25, 0.3) is 0 Å². The molecule has 0 radical (unpaired) electrons. The van der Waals surface area contributed by atoms with Gasteiger partial charge in [0.05, 0.1) is 0 Å². The Kier molecular flexibility index (Phi) is 43.9. The van der Waals surface area contributed by atoms with E-state index in [1.807, 2.05) is 0 Å². The van der Waals surface area contributed by atoms with Gasteiger partial charge in [-0.05, 0) is 60.8 Å². The summed E-state index contributed by atoms with van der Waals surface area (Å²) < 4.78 is 16.2. The first-order chi connectivity index (χ1) is 13.4. The summed E-state index contributed by atoms with van der Waals surface area (Å²) in [5, 5.41) is 24.2. The number of aliphatic hydroxyl groups excluding tert-OH is 3. The Morgan fingerprint density at radius 1 is 0.567 bits per heavy atom. The third-order valence-corrected chi connectivity index (χ3v) is 4.05. The van der Waals surface area contributed by atoms with Crippen LogP contribution in [0.25, 0.3) is 0 Å². The average molecular weight is 536 g/mol. The number of aliphatic hydroxyl groups is 3. The largest absolute Gasteiger partial charge is 0.676 e. The van der Waals surface area contributed by atoms with E-state index in [0.29, 0.717) is 19.8 Å². The van der Waals surface area contributed by atoms with Crippen molar-refractivity contribution in [2.45, 2.75) is 119 Å². The van der Waals surface area contributed by atoms with Gasteiger partial charge < -0.3 is 33.4 Å². The zero-order valence-electron chi connectivity index (χ0n) is 21.1. The molecule has 0 spiro atoms. The maximum absolute atomic E-state index is 10.2. The Bertz CT molecular complexity index is 235. The predicted molar refractivity (Wildman–Crippen MR) is 123 cm³/mol. The van der Waals surface area contributed by atoms with Gasteiger partial charge in [0, 0.05) is 64.3 Å². The number of hydrogen-bond acceptors (Lipinski definition) is 7. The zero-order valence-corrected chi connectivity index (χ0v) is 24.6. The van der Waals surface area contributed by atoms with Crippen LogP contribution in [0.2, 0.25) is 0 Å². The summed E-state index contributed by atoms with van der Waals surface area (Å²) in [6, 6.07) is 0. The third-order valence-electron chi connectivity index (χ3n) is 2.35. The van der Waals surface area contributed by atoms with Crippen molar-refractivity contribution < 1.29 is 59.6 Å². The van der Waals surface area contributed by atoms with Crippen LogP contribution in [0.15, 0.2) is 0 Å². The summed E-state index contributed by atoms with van der Waals surface area (Å²) in [7, 11) is -3.36. The first-order valence-corrected chi connectivity index (χ1v) is 12.7. The summed E-state index contributed by atoms with van der Waals surface area (Å²) >= 11 is 0. The van der Waals surface area contributed by atoms with Gasteiger partial charge in [-0.3, -0.25) is 0 Å². The normalized spacial score (nSPS) is 10.4. The zero-order chi connectivity index (χ0) is 23.7. The second kappa shape index (κ2) is 32.0. The maximum Gasteiger partial charge on any atom is 0.676 e. The van der Waals surface area contributed by atoms with E-state index in [0.717, 1.165) is 38.5 Å². The topological polar surface area (TPSA) is 109 Å². The molecule has 0 aliphatic carbocycles. The molecule has 7 nitrogen and oxygen atoms in total. The van der Waals surface area contributed by atoms with Crippen molar-refractivity contribution in [1.29, 1.82) is 0 Å². The molecule has 9 heteroatoms. The average Bonchev–Trinajstić information content (AvgIpc) is 2.54. The molecule has 0 amide bonds. The number of rotatable bonds is 12. The van der Waals surface area contributed by atoms with Crippen LogP contribution in [0.5, 0.6) is 0 Å². The van der Waals surface area contributed by atoms with Crippen LogP contribution in [0.3, 0.4) is 0 Å². The Hall–Kier alpha value is 0.820. The van der Waals surface area contributed by atoms with E-state index in [1.165, 1.54) is 0 Å². The molecule has 0 aromatic carbocycles. The monoisotopic (exact) mass is 534 g/mol. The summed E-state index contributed by atoms with van der Waals surface area (Å²) in [6.45, 7) is 18.1. The fraction of sp³-hybridized carbons (Fsp3) is 1.00. The van der Waals surface area contributed by atoms with Crippen molar-refractivity contribution in [3.63, 3.8) is 0 Å². The summed E-state index contributed by atoms with van der Waals surface area (Å²) in [6.07, 6.45) is 5.37. The van der Waals surface area contributed by atoms with Gasteiger partial charge in [0.1, 0.15) is 0 Å². The first-order valence-electron chi connectivity index (χ1n) is 11.1. The molecule has 4 N–H and O–H groups in total. The van der Waals surface area contributed by atoms with Gasteiger partial charge in [-0.1, -0.05) is 40.0 Å². The second-order valence-electron chi connectivity index (χ2n) is 7.41. The Labute approximate surface area is 207 Å². The SMILES string of the molecule is CC(C)O.CC(C)O.CC(C)O.CCCCO[Si](O)(OCCCC)OCCCC.[Zr]. The molecule has 30 heavy (non-hydrogen) atoms. The summed E-state index contributed by atoms with van der Waals surface area (Å²) in [5.74, 6) is 0. The molecule has 0 saturated carbocycles. The fourth-order valence-corrected chi connectivity index (χ4v) is 2.62. The molecule has 0 bridgehead atoms. The molecule has 0 rings (SSSR count). The van der Waals surface area contributed by atoms with Crippen LogP contribution in [0.4, 0.5) is 0 Å². The molecule has 0 unspecified atom stereocenters. The van der Waals surface area contributed by atoms with E-state index in [9.17, 15) is 4.80 Å². The molecular formula is C21H52O7SiZr. The molecule has 0 aliphatic heterocycles. The second-order valence-corrected chi connectivity index (χ2v) is 9.32. The molecular weight excluding hydrogens is 484 g/mol. The van der Waals surface area contributed by atoms with Gasteiger partial charge in [-0.25, -0.2) is 0 Å². The Balaban J connectivity index is -0.000000131. The van der Waals surface area contributed by atoms with Crippen molar-refractivity contribution in [3.05, 3.63) is 0 Å². The number of unbranched alkanes of at least 4 members (excludes halogenated alkanes) is 3. The Morgan fingerprint density at radius 2 is 0.733 bits per heavy atom. The molecule has 0 heterocycles. The minimum atomic E-state index is -3.36. The summed E-state index contributed by atoms with van der Waals surface area (Å²) in [4.78, 5) is 10.2. The molecule has 0 saturated heterocycles. The smallest absolute Gasteiger partial charge is 0.394 e. The van der Waals surface area contributed by atoms with Crippen LogP contribution >= 0.6 is 0 Å². The van der Waals surface area contributed by atoms with Crippen LogP contribution in [-0.2, 0) is 39.5 Å². The number of hydrogen-bond donors (Lipinski definition) is 4. The van der Waals surface area contributed by atoms with E-state index in [1.54, 1.807) is 41.5 Å². The van der Waals surface area contributed by atoms with E-state index in [2.05, 4.69) is 20.8 Å². The van der Waals surface area contributed by atoms with Crippen molar-refractivity contribution in [3.8, 4) is 0 Å². The Morgan fingerprint density at radius 3 is 0.867 bits per heavy atom. The van der Waals surface area contributed by atoms with E-state index in [4.69, 9.17) is 28.6 Å². The van der Waals surface area contributed by atoms with Gasteiger partial charge in [-0.2, -0.15) is 0 Å². The minimum absolute atomic E-state index is 0. The van der Waals surface area contributed by atoms with Gasteiger partial charge in [-0.15, -0.1) is 0 Å². The quantitative estimate of drug-likeness (QED) is 0.221. The molecule has 186 valence electrons. The van der Waals surface area contributed by atoms with Crippen LogP contribution in [0, 0.1) is 0 Å². The first kappa shape index (κ1) is 41.1. The van der Waals surface area contributed by atoms with Crippen LogP contribution in [0.1, 0.15) is 101 Å². The van der Waals surface area contributed by atoms with Crippen molar-refractivity contribution >= 4 is 9.05 Å². The molecule has 0 atom stereocenters. The van der Waals surface area contributed by atoms with Crippen LogP contribution < -0.4 is 0 Å². The van der Waals surface area contributed by atoms with Gasteiger partial charge >= 0.3 is 9.05 Å². The van der Waals surface area contributed by atoms with Crippen molar-refractivity contribution in [2.24, 2.45) is 0 Å². The molecule has 0 fully saturated rings. The van der Waals surface area contributed by atoms with Crippen molar-refractivity contribution in [2.75, 3.05) is 19.8 Å². The van der Waals surface area contributed by atoms with Crippen LogP contribution in [-0.4, -0.2) is 67.3 Å². The van der Waals surface area contributed by atoms with Gasteiger partial charge in [0.2, 0.25) is 0 Å². The third kappa shape index (κ3) is 63.0. The molecule has 0 aliphatic rings. The predicted octanol–water partition coefficient (Wildman–Crippen LogP) is 4.02. The summed E-state index contributed by atoms with van der Waals surface area (Å²) in [5.41, 5.74) is 0.